The van der Waals surface area contributed by atoms with Gasteiger partial charge in [0, 0.05) is 18.1 Å². The van der Waals surface area contributed by atoms with Gasteiger partial charge in [0.1, 0.15) is 17.7 Å². The number of benzene rings is 2. The first kappa shape index (κ1) is 22.3. The minimum absolute atomic E-state index is 0.0802. The average Bonchev–Trinajstić information content (AvgIpc) is 2.78. The summed E-state index contributed by atoms with van der Waals surface area (Å²) in [5.74, 6) is -2.74. The van der Waals surface area contributed by atoms with Gasteiger partial charge in [-0.25, -0.2) is 18.6 Å². The molecule has 0 saturated carbocycles. The molecule has 0 saturated heterocycles. The van der Waals surface area contributed by atoms with Crippen LogP contribution in [0.25, 0.3) is 0 Å². The number of aromatic nitrogens is 1. The fourth-order valence-corrected chi connectivity index (χ4v) is 3.80. The fourth-order valence-electron chi connectivity index (χ4n) is 3.80. The Bertz CT molecular complexity index is 1190. The predicted molar refractivity (Wildman–Crippen MR) is 116 cm³/mol. The van der Waals surface area contributed by atoms with E-state index in [-0.39, 0.29) is 24.2 Å². The lowest BCUT2D eigenvalue weighted by Gasteiger charge is -2.35. The second kappa shape index (κ2) is 9.32. The maximum atomic E-state index is 14.2. The smallest absolute Gasteiger partial charge is 0.322 e. The highest BCUT2D eigenvalue weighted by Crippen LogP contribution is 2.25. The fraction of sp³-hybridized carbons (Fsp3) is 0.208. The molecule has 2 aromatic carbocycles. The quantitative estimate of drug-likeness (QED) is 0.545. The third-order valence-electron chi connectivity index (χ3n) is 5.50. The van der Waals surface area contributed by atoms with E-state index in [0.29, 0.717) is 5.69 Å². The lowest BCUT2D eigenvalue weighted by Crippen LogP contribution is -2.53. The molecule has 2 N–H and O–H groups in total. The first-order valence-electron chi connectivity index (χ1n) is 10.3. The van der Waals surface area contributed by atoms with E-state index in [1.54, 1.807) is 6.92 Å². The van der Waals surface area contributed by atoms with Gasteiger partial charge in [0.25, 0.3) is 0 Å². The van der Waals surface area contributed by atoms with Gasteiger partial charge in [-0.15, -0.1) is 0 Å². The normalized spacial score (nSPS) is 14.8. The SMILES string of the molecule is C[C@H](NC(=O)[C@@H](Cc1ccccc1)N1Cc2nc(F)ccc2NC1=O)c1ccc(F)cc1F. The molecule has 3 aromatic rings. The average molecular weight is 454 g/mol. The van der Waals surface area contributed by atoms with E-state index in [9.17, 15) is 22.8 Å². The van der Waals surface area contributed by atoms with Gasteiger partial charge in [-0.05, 0) is 30.7 Å². The van der Waals surface area contributed by atoms with Crippen LogP contribution in [0.5, 0.6) is 0 Å². The molecule has 2 heterocycles. The van der Waals surface area contributed by atoms with Crippen molar-refractivity contribution < 1.29 is 22.8 Å². The number of anilines is 1. The van der Waals surface area contributed by atoms with E-state index in [1.165, 1.54) is 17.0 Å². The van der Waals surface area contributed by atoms with Crippen molar-refractivity contribution in [3.63, 3.8) is 0 Å². The number of nitrogens with zero attached hydrogens (tertiary/aromatic N) is 2. The Balaban J connectivity index is 1.62. The molecule has 4 rings (SSSR count). The predicted octanol–water partition coefficient (Wildman–Crippen LogP) is 4.34. The number of carbonyl (C=O) groups is 2. The number of hydrogen-bond acceptors (Lipinski definition) is 3. The van der Waals surface area contributed by atoms with Gasteiger partial charge < -0.3 is 15.5 Å². The Hall–Kier alpha value is -3.88. The summed E-state index contributed by atoms with van der Waals surface area (Å²) >= 11 is 0. The molecular weight excluding hydrogens is 433 g/mol. The molecule has 9 heteroatoms. The molecule has 33 heavy (non-hydrogen) atoms. The van der Waals surface area contributed by atoms with Gasteiger partial charge in [0.2, 0.25) is 11.9 Å². The molecule has 0 spiro atoms. The van der Waals surface area contributed by atoms with E-state index in [1.807, 2.05) is 30.3 Å². The molecule has 0 unspecified atom stereocenters. The summed E-state index contributed by atoms with van der Waals surface area (Å²) in [7, 11) is 0. The summed E-state index contributed by atoms with van der Waals surface area (Å²) in [5, 5.41) is 5.35. The topological polar surface area (TPSA) is 74.3 Å². The van der Waals surface area contributed by atoms with Crippen molar-refractivity contribution in [1.82, 2.24) is 15.2 Å². The number of pyridine rings is 1. The van der Waals surface area contributed by atoms with Gasteiger partial charge in [-0.3, -0.25) is 4.79 Å². The molecule has 170 valence electrons. The Morgan fingerprint density at radius 2 is 1.88 bits per heavy atom. The van der Waals surface area contributed by atoms with Crippen molar-refractivity contribution >= 4 is 17.6 Å². The number of hydrogen-bond donors (Lipinski definition) is 2. The standard InChI is InChI=1S/C24H21F3N4O2/c1-14(17-8-7-16(25)12-18(17)26)28-23(32)21(11-15-5-3-2-4-6-15)31-13-20-19(30-24(31)33)9-10-22(27)29-20/h2-10,12,14,21H,11,13H2,1H3,(H,28,32)(H,30,33)/t14-,21+/m0/s1. The molecule has 0 fully saturated rings. The lowest BCUT2D eigenvalue weighted by molar-refractivity contribution is -0.126. The van der Waals surface area contributed by atoms with Gasteiger partial charge in [0.05, 0.1) is 24.0 Å². The van der Waals surface area contributed by atoms with Crippen molar-refractivity contribution in [3.05, 3.63) is 95.1 Å². The number of halogens is 3. The summed E-state index contributed by atoms with van der Waals surface area (Å²) in [6, 6.07) is 12.4. The van der Waals surface area contributed by atoms with Crippen molar-refractivity contribution in [2.45, 2.75) is 32.0 Å². The highest BCUT2D eigenvalue weighted by molar-refractivity contribution is 5.96. The van der Waals surface area contributed by atoms with Crippen molar-refractivity contribution in [1.29, 1.82) is 0 Å². The van der Waals surface area contributed by atoms with E-state index in [2.05, 4.69) is 15.6 Å². The summed E-state index contributed by atoms with van der Waals surface area (Å²) in [5.41, 5.74) is 1.57. The number of nitrogens with one attached hydrogen (secondary N) is 2. The maximum absolute atomic E-state index is 14.2. The summed E-state index contributed by atoms with van der Waals surface area (Å²) in [6.45, 7) is 1.49. The Morgan fingerprint density at radius 1 is 1.12 bits per heavy atom. The zero-order chi connectivity index (χ0) is 23.5. The Labute approximate surface area is 188 Å². The van der Waals surface area contributed by atoms with Crippen LogP contribution < -0.4 is 10.6 Å². The molecule has 0 aliphatic carbocycles. The molecular formula is C24H21F3N4O2. The number of carbonyl (C=O) groups excluding carboxylic acids is 2. The maximum Gasteiger partial charge on any atom is 0.322 e. The Morgan fingerprint density at radius 3 is 2.61 bits per heavy atom. The summed E-state index contributed by atoms with van der Waals surface area (Å²) < 4.78 is 41.1. The second-order valence-electron chi connectivity index (χ2n) is 7.79. The van der Waals surface area contributed by atoms with Crippen LogP contribution in [0.2, 0.25) is 0 Å². The number of amides is 3. The van der Waals surface area contributed by atoms with Crippen LogP contribution in [0.1, 0.15) is 29.8 Å². The number of urea groups is 1. The highest BCUT2D eigenvalue weighted by atomic mass is 19.1. The second-order valence-corrected chi connectivity index (χ2v) is 7.79. The minimum Gasteiger partial charge on any atom is -0.348 e. The van der Waals surface area contributed by atoms with E-state index < -0.39 is 41.6 Å². The monoisotopic (exact) mass is 454 g/mol. The third kappa shape index (κ3) is 4.97. The molecule has 6 nitrogen and oxygen atoms in total. The van der Waals surface area contributed by atoms with Gasteiger partial charge >= 0.3 is 6.03 Å². The van der Waals surface area contributed by atoms with Crippen LogP contribution in [0, 0.1) is 17.6 Å². The van der Waals surface area contributed by atoms with Gasteiger partial charge in [0.15, 0.2) is 0 Å². The van der Waals surface area contributed by atoms with Crippen LogP contribution >= 0.6 is 0 Å². The van der Waals surface area contributed by atoms with Crippen LogP contribution in [0.3, 0.4) is 0 Å². The van der Waals surface area contributed by atoms with Crippen LogP contribution in [-0.2, 0) is 17.8 Å². The van der Waals surface area contributed by atoms with Gasteiger partial charge in [-0.2, -0.15) is 4.39 Å². The zero-order valence-electron chi connectivity index (χ0n) is 17.7. The summed E-state index contributed by atoms with van der Waals surface area (Å²) in [4.78, 5) is 31.3. The number of fused-ring (bicyclic) bond motifs is 1. The van der Waals surface area contributed by atoms with Crippen LogP contribution in [-0.4, -0.2) is 27.9 Å². The number of rotatable bonds is 6. The zero-order valence-corrected chi connectivity index (χ0v) is 17.7. The van der Waals surface area contributed by atoms with E-state index >= 15 is 0 Å². The molecule has 0 radical (unpaired) electrons. The summed E-state index contributed by atoms with van der Waals surface area (Å²) in [6.07, 6.45) is 0.170. The van der Waals surface area contributed by atoms with Crippen molar-refractivity contribution in [2.24, 2.45) is 0 Å². The van der Waals surface area contributed by atoms with Crippen molar-refractivity contribution in [3.8, 4) is 0 Å². The molecule has 1 aromatic heterocycles. The third-order valence-corrected chi connectivity index (χ3v) is 5.50. The van der Waals surface area contributed by atoms with E-state index in [4.69, 9.17) is 0 Å². The largest absolute Gasteiger partial charge is 0.348 e. The van der Waals surface area contributed by atoms with Crippen LogP contribution in [0.15, 0.2) is 60.7 Å². The lowest BCUT2D eigenvalue weighted by atomic mass is 10.0. The highest BCUT2D eigenvalue weighted by Gasteiger charge is 2.35. The molecule has 1 aliphatic heterocycles. The first-order chi connectivity index (χ1) is 15.8. The Kier molecular flexibility index (Phi) is 6.30. The molecule has 1 aliphatic rings. The minimum atomic E-state index is -0.989. The molecule has 3 amide bonds. The van der Waals surface area contributed by atoms with Crippen LogP contribution in [0.4, 0.5) is 23.7 Å². The first-order valence-corrected chi connectivity index (χ1v) is 10.3. The van der Waals surface area contributed by atoms with Crippen molar-refractivity contribution in [2.75, 3.05) is 5.32 Å². The van der Waals surface area contributed by atoms with Gasteiger partial charge in [-0.1, -0.05) is 36.4 Å². The molecule has 2 atom stereocenters. The molecule has 0 bridgehead atoms. The van der Waals surface area contributed by atoms with E-state index in [0.717, 1.165) is 23.8 Å².